The molecule has 0 aliphatic rings. The van der Waals surface area contributed by atoms with Crippen molar-refractivity contribution in [3.63, 3.8) is 0 Å². The van der Waals surface area contributed by atoms with Gasteiger partial charge in [-0.05, 0) is 47.0 Å². The van der Waals surface area contributed by atoms with Gasteiger partial charge in [0.2, 0.25) is 0 Å². The summed E-state index contributed by atoms with van der Waals surface area (Å²) in [6.07, 6.45) is 2.03. The average Bonchev–Trinajstić information content (AvgIpc) is 2.25. The summed E-state index contributed by atoms with van der Waals surface area (Å²) in [5, 5.41) is 0. The van der Waals surface area contributed by atoms with Crippen molar-refractivity contribution >= 4 is 15.9 Å². The van der Waals surface area contributed by atoms with Crippen molar-refractivity contribution in [2.24, 2.45) is 0 Å². The molecule has 15 heavy (non-hydrogen) atoms. The SMILES string of the molecule is CCCOc1ccc(OCCC)c(Br)c1. The lowest BCUT2D eigenvalue weighted by Gasteiger charge is -2.09. The zero-order chi connectivity index (χ0) is 11.1. The van der Waals surface area contributed by atoms with Gasteiger partial charge in [0, 0.05) is 0 Å². The van der Waals surface area contributed by atoms with Crippen LogP contribution in [0.3, 0.4) is 0 Å². The zero-order valence-corrected chi connectivity index (χ0v) is 10.8. The molecule has 1 aromatic carbocycles. The Morgan fingerprint density at radius 1 is 1.07 bits per heavy atom. The number of benzene rings is 1. The van der Waals surface area contributed by atoms with Crippen LogP contribution in [0.1, 0.15) is 26.7 Å². The summed E-state index contributed by atoms with van der Waals surface area (Å²) in [5.41, 5.74) is 0. The highest BCUT2D eigenvalue weighted by Crippen LogP contribution is 2.29. The summed E-state index contributed by atoms with van der Waals surface area (Å²) in [5.74, 6) is 1.76. The second-order valence-electron chi connectivity index (χ2n) is 3.29. The van der Waals surface area contributed by atoms with Crippen LogP contribution < -0.4 is 9.47 Å². The highest BCUT2D eigenvalue weighted by molar-refractivity contribution is 9.10. The lowest BCUT2D eigenvalue weighted by molar-refractivity contribution is 0.307. The quantitative estimate of drug-likeness (QED) is 0.779. The van der Waals surface area contributed by atoms with E-state index in [1.165, 1.54) is 0 Å². The predicted molar refractivity (Wildman–Crippen MR) is 65.7 cm³/mol. The van der Waals surface area contributed by atoms with Gasteiger partial charge in [0.25, 0.3) is 0 Å². The van der Waals surface area contributed by atoms with E-state index in [4.69, 9.17) is 9.47 Å². The maximum absolute atomic E-state index is 5.54. The molecule has 0 unspecified atom stereocenters. The van der Waals surface area contributed by atoms with Gasteiger partial charge in [0.1, 0.15) is 11.5 Å². The third-order valence-electron chi connectivity index (χ3n) is 1.84. The van der Waals surface area contributed by atoms with E-state index >= 15 is 0 Å². The van der Waals surface area contributed by atoms with E-state index in [-0.39, 0.29) is 0 Å². The van der Waals surface area contributed by atoms with E-state index in [9.17, 15) is 0 Å². The molecule has 0 radical (unpaired) electrons. The Kier molecular flexibility index (Phi) is 5.54. The van der Waals surface area contributed by atoms with Crippen LogP contribution >= 0.6 is 15.9 Å². The van der Waals surface area contributed by atoms with Crippen molar-refractivity contribution in [3.05, 3.63) is 22.7 Å². The lowest BCUT2D eigenvalue weighted by Crippen LogP contribution is -1.97. The van der Waals surface area contributed by atoms with Gasteiger partial charge >= 0.3 is 0 Å². The number of hydrogen-bond acceptors (Lipinski definition) is 2. The molecule has 0 fully saturated rings. The molecule has 0 N–H and O–H groups in total. The Morgan fingerprint density at radius 2 is 1.73 bits per heavy atom. The standard InChI is InChI=1S/C12H17BrO2/c1-3-7-14-10-5-6-12(11(13)9-10)15-8-4-2/h5-6,9H,3-4,7-8H2,1-2H3. The summed E-state index contributed by atoms with van der Waals surface area (Å²) in [6.45, 7) is 5.68. The van der Waals surface area contributed by atoms with Crippen LogP contribution in [0.4, 0.5) is 0 Å². The normalized spacial score (nSPS) is 10.1. The van der Waals surface area contributed by atoms with Crippen molar-refractivity contribution in [2.75, 3.05) is 13.2 Å². The minimum absolute atomic E-state index is 0.744. The Hall–Kier alpha value is -0.700. The molecule has 0 aromatic heterocycles. The molecule has 0 bridgehead atoms. The third-order valence-corrected chi connectivity index (χ3v) is 2.46. The lowest BCUT2D eigenvalue weighted by atomic mass is 10.3. The molecule has 1 rings (SSSR count). The fraction of sp³-hybridized carbons (Fsp3) is 0.500. The number of halogens is 1. The fourth-order valence-corrected chi connectivity index (χ4v) is 1.59. The van der Waals surface area contributed by atoms with E-state index in [1.807, 2.05) is 18.2 Å². The second kappa shape index (κ2) is 6.72. The smallest absolute Gasteiger partial charge is 0.133 e. The molecule has 0 amide bonds. The minimum atomic E-state index is 0.744. The molecular formula is C12H17BrO2. The average molecular weight is 273 g/mol. The summed E-state index contributed by atoms with van der Waals surface area (Å²) < 4.78 is 12.0. The highest BCUT2D eigenvalue weighted by Gasteiger charge is 2.02. The van der Waals surface area contributed by atoms with Crippen molar-refractivity contribution in [1.29, 1.82) is 0 Å². The Bertz CT molecular complexity index is 300. The molecule has 0 spiro atoms. The van der Waals surface area contributed by atoms with E-state index in [1.54, 1.807) is 0 Å². The van der Waals surface area contributed by atoms with Crippen molar-refractivity contribution < 1.29 is 9.47 Å². The van der Waals surface area contributed by atoms with Gasteiger partial charge in [-0.25, -0.2) is 0 Å². The summed E-state index contributed by atoms with van der Waals surface area (Å²) in [7, 11) is 0. The summed E-state index contributed by atoms with van der Waals surface area (Å²) in [4.78, 5) is 0. The van der Waals surface area contributed by atoms with Gasteiger partial charge in [-0.2, -0.15) is 0 Å². The molecule has 2 nitrogen and oxygen atoms in total. The Labute approximate surface area is 99.7 Å². The molecule has 1 aromatic rings. The van der Waals surface area contributed by atoms with Gasteiger partial charge < -0.3 is 9.47 Å². The molecule has 84 valence electrons. The van der Waals surface area contributed by atoms with Gasteiger partial charge in [0.05, 0.1) is 17.7 Å². The monoisotopic (exact) mass is 272 g/mol. The Balaban J connectivity index is 2.61. The Morgan fingerprint density at radius 3 is 2.33 bits per heavy atom. The number of rotatable bonds is 6. The maximum Gasteiger partial charge on any atom is 0.133 e. The molecule has 3 heteroatoms. The molecule has 0 atom stereocenters. The first-order valence-corrected chi connectivity index (χ1v) is 6.12. The van der Waals surface area contributed by atoms with Crippen LogP contribution in [0.25, 0.3) is 0 Å². The molecule has 0 saturated carbocycles. The molecule has 0 aliphatic heterocycles. The molecule has 0 aliphatic carbocycles. The predicted octanol–water partition coefficient (Wildman–Crippen LogP) is 4.03. The third kappa shape index (κ3) is 4.12. The summed E-state index contributed by atoms with van der Waals surface area (Å²) in [6, 6.07) is 5.82. The van der Waals surface area contributed by atoms with Crippen LogP contribution in [0.2, 0.25) is 0 Å². The van der Waals surface area contributed by atoms with Crippen LogP contribution in [0.5, 0.6) is 11.5 Å². The van der Waals surface area contributed by atoms with Gasteiger partial charge in [-0.15, -0.1) is 0 Å². The molecule has 0 saturated heterocycles. The van der Waals surface area contributed by atoms with Crippen molar-refractivity contribution in [3.8, 4) is 11.5 Å². The van der Waals surface area contributed by atoms with Crippen molar-refractivity contribution in [2.45, 2.75) is 26.7 Å². The molecule has 0 heterocycles. The van der Waals surface area contributed by atoms with Crippen molar-refractivity contribution in [1.82, 2.24) is 0 Å². The maximum atomic E-state index is 5.54. The minimum Gasteiger partial charge on any atom is -0.494 e. The van der Waals surface area contributed by atoms with Gasteiger partial charge in [0.15, 0.2) is 0 Å². The fourth-order valence-electron chi connectivity index (χ4n) is 1.12. The van der Waals surface area contributed by atoms with Crippen LogP contribution in [0.15, 0.2) is 22.7 Å². The van der Waals surface area contributed by atoms with E-state index in [2.05, 4.69) is 29.8 Å². The van der Waals surface area contributed by atoms with E-state index in [0.29, 0.717) is 0 Å². The van der Waals surface area contributed by atoms with Crippen LogP contribution in [-0.2, 0) is 0 Å². The highest BCUT2D eigenvalue weighted by atomic mass is 79.9. The van der Waals surface area contributed by atoms with Crippen LogP contribution in [0, 0.1) is 0 Å². The summed E-state index contributed by atoms with van der Waals surface area (Å²) >= 11 is 3.46. The first kappa shape index (κ1) is 12.4. The second-order valence-corrected chi connectivity index (χ2v) is 4.14. The molecular weight excluding hydrogens is 256 g/mol. The van der Waals surface area contributed by atoms with E-state index in [0.717, 1.165) is 42.0 Å². The first-order valence-electron chi connectivity index (χ1n) is 5.33. The topological polar surface area (TPSA) is 18.5 Å². The first-order chi connectivity index (χ1) is 7.27. The van der Waals surface area contributed by atoms with E-state index < -0.39 is 0 Å². The number of ether oxygens (including phenoxy) is 2. The van der Waals surface area contributed by atoms with Crippen LogP contribution in [-0.4, -0.2) is 13.2 Å². The van der Waals surface area contributed by atoms with Gasteiger partial charge in [-0.3, -0.25) is 0 Å². The number of hydrogen-bond donors (Lipinski definition) is 0. The van der Waals surface area contributed by atoms with Gasteiger partial charge in [-0.1, -0.05) is 13.8 Å². The zero-order valence-electron chi connectivity index (χ0n) is 9.25. The largest absolute Gasteiger partial charge is 0.494 e.